The molecule has 0 unspecified atom stereocenters. The topological polar surface area (TPSA) is 50.4 Å². The molecule has 3 heteroatoms. The van der Waals surface area contributed by atoms with E-state index in [4.69, 9.17) is 5.73 Å². The van der Waals surface area contributed by atoms with E-state index in [9.17, 15) is 0 Å². The molecule has 0 bridgehead atoms. The molecule has 0 aromatic heterocycles. The molecule has 3 nitrogen and oxygen atoms in total. The number of nitrogens with one attached hydrogen (secondary N) is 1. The maximum Gasteiger partial charge on any atom is 0.0544 e. The van der Waals surface area contributed by atoms with Gasteiger partial charge in [-0.25, -0.2) is 0 Å². The van der Waals surface area contributed by atoms with Gasteiger partial charge in [0.1, 0.15) is 0 Å². The van der Waals surface area contributed by atoms with Crippen molar-refractivity contribution in [3.63, 3.8) is 0 Å². The van der Waals surface area contributed by atoms with Crippen molar-refractivity contribution in [3.05, 3.63) is 35.8 Å². The molecular weight excluding hydrogens is 198 g/mol. The number of allylic oxidation sites excluding steroid dienone is 3. The summed E-state index contributed by atoms with van der Waals surface area (Å²) in [5.74, 6) is 0.678. The Kier molecular flexibility index (Phi) is 7.01. The number of nitrogens with two attached hydrogens (primary N) is 1. The Bertz CT molecular complexity index is 298. The second-order valence-electron chi connectivity index (χ2n) is 4.18. The van der Waals surface area contributed by atoms with Gasteiger partial charge in [-0.2, -0.15) is 0 Å². The van der Waals surface area contributed by atoms with Gasteiger partial charge in [-0.1, -0.05) is 20.4 Å². The van der Waals surface area contributed by atoms with Crippen LogP contribution in [0.4, 0.5) is 0 Å². The predicted octanol–water partition coefficient (Wildman–Crippen LogP) is 2.58. The van der Waals surface area contributed by atoms with Crippen molar-refractivity contribution >= 4 is 6.72 Å². The molecule has 16 heavy (non-hydrogen) atoms. The van der Waals surface area contributed by atoms with E-state index in [-0.39, 0.29) is 0 Å². The van der Waals surface area contributed by atoms with Gasteiger partial charge in [0.25, 0.3) is 0 Å². The molecular formula is C13H23N3. The Morgan fingerprint density at radius 3 is 2.56 bits per heavy atom. The van der Waals surface area contributed by atoms with E-state index in [2.05, 4.69) is 37.5 Å². The van der Waals surface area contributed by atoms with Crippen molar-refractivity contribution in [2.75, 3.05) is 6.54 Å². The number of rotatable bonds is 7. The molecule has 0 aliphatic rings. The zero-order valence-electron chi connectivity index (χ0n) is 10.6. The molecule has 0 saturated carbocycles. The normalized spacial score (nSPS) is 12.8. The van der Waals surface area contributed by atoms with E-state index in [0.717, 1.165) is 24.4 Å². The van der Waals surface area contributed by atoms with Gasteiger partial charge < -0.3 is 11.1 Å². The highest BCUT2D eigenvalue weighted by atomic mass is 14.9. The van der Waals surface area contributed by atoms with Gasteiger partial charge in [-0.3, -0.25) is 4.99 Å². The molecule has 0 aliphatic heterocycles. The Morgan fingerprint density at radius 1 is 1.44 bits per heavy atom. The fourth-order valence-electron chi connectivity index (χ4n) is 0.977. The maximum atomic E-state index is 5.83. The second-order valence-corrected chi connectivity index (χ2v) is 4.18. The minimum absolute atomic E-state index is 0.631. The maximum absolute atomic E-state index is 5.83. The summed E-state index contributed by atoms with van der Waals surface area (Å²) in [6, 6.07) is 0. The summed E-state index contributed by atoms with van der Waals surface area (Å²) < 4.78 is 0. The largest absolute Gasteiger partial charge is 0.397 e. The zero-order valence-corrected chi connectivity index (χ0v) is 10.6. The lowest BCUT2D eigenvalue weighted by Gasteiger charge is -2.10. The first-order valence-electron chi connectivity index (χ1n) is 5.51. The quantitative estimate of drug-likeness (QED) is 0.513. The Hall–Kier alpha value is -1.51. The second kappa shape index (κ2) is 7.74. The monoisotopic (exact) mass is 221 g/mol. The molecule has 0 radical (unpaired) electrons. The van der Waals surface area contributed by atoms with Crippen LogP contribution in [0.3, 0.4) is 0 Å². The summed E-state index contributed by atoms with van der Waals surface area (Å²) in [7, 11) is 0. The Labute approximate surface area is 98.8 Å². The number of aliphatic imine (C=N–C) groups is 1. The summed E-state index contributed by atoms with van der Waals surface area (Å²) >= 11 is 0. The Morgan fingerprint density at radius 2 is 2.06 bits per heavy atom. The molecule has 0 atom stereocenters. The SMILES string of the molecule is C=N/C(C)=C\C=C(/N)C(=C)NCCC(C)C. The first-order chi connectivity index (χ1) is 7.47. The third kappa shape index (κ3) is 6.87. The van der Waals surface area contributed by atoms with E-state index in [0.29, 0.717) is 11.6 Å². The van der Waals surface area contributed by atoms with Crippen LogP contribution in [0.15, 0.2) is 40.8 Å². The molecule has 0 fully saturated rings. The van der Waals surface area contributed by atoms with Gasteiger partial charge in [0.05, 0.1) is 11.4 Å². The molecule has 3 N–H and O–H groups in total. The van der Waals surface area contributed by atoms with Crippen molar-refractivity contribution in [3.8, 4) is 0 Å². The van der Waals surface area contributed by atoms with Gasteiger partial charge in [-0.05, 0) is 38.1 Å². The van der Waals surface area contributed by atoms with Crippen molar-refractivity contribution in [2.45, 2.75) is 27.2 Å². The smallest absolute Gasteiger partial charge is 0.0544 e. The summed E-state index contributed by atoms with van der Waals surface area (Å²) in [5, 5.41) is 3.19. The van der Waals surface area contributed by atoms with Crippen LogP contribution in [0.25, 0.3) is 0 Å². The molecule has 0 aromatic carbocycles. The van der Waals surface area contributed by atoms with Gasteiger partial charge >= 0.3 is 0 Å². The number of nitrogens with zero attached hydrogens (tertiary/aromatic N) is 1. The van der Waals surface area contributed by atoms with Crippen molar-refractivity contribution in [2.24, 2.45) is 16.6 Å². The standard InChI is InChI=1S/C13H23N3/c1-10(2)8-9-16-12(4)13(14)7-6-11(3)15-5/h6-7,10,16H,4-5,8-9,14H2,1-3H3/b11-6-,13-7-. The summed E-state index contributed by atoms with van der Waals surface area (Å²) in [6.07, 6.45) is 4.71. The summed E-state index contributed by atoms with van der Waals surface area (Å²) in [6.45, 7) is 14.4. The highest BCUT2D eigenvalue weighted by Gasteiger charge is 1.97. The third-order valence-corrected chi connectivity index (χ3v) is 2.16. The van der Waals surface area contributed by atoms with E-state index >= 15 is 0 Å². The molecule has 0 aromatic rings. The molecule has 0 saturated heterocycles. The van der Waals surface area contributed by atoms with Crippen LogP contribution in [0, 0.1) is 5.92 Å². The highest BCUT2D eigenvalue weighted by molar-refractivity contribution is 5.32. The average molecular weight is 221 g/mol. The van der Waals surface area contributed by atoms with Crippen LogP contribution in [-0.4, -0.2) is 13.3 Å². The molecule has 0 amide bonds. The first-order valence-corrected chi connectivity index (χ1v) is 5.51. The lowest BCUT2D eigenvalue weighted by molar-refractivity contribution is 0.565. The van der Waals surface area contributed by atoms with Crippen molar-refractivity contribution in [1.82, 2.24) is 5.32 Å². The number of hydrogen-bond donors (Lipinski definition) is 2. The minimum Gasteiger partial charge on any atom is -0.397 e. The molecule has 90 valence electrons. The van der Waals surface area contributed by atoms with Crippen molar-refractivity contribution in [1.29, 1.82) is 0 Å². The van der Waals surface area contributed by atoms with E-state index in [1.54, 1.807) is 6.08 Å². The highest BCUT2D eigenvalue weighted by Crippen LogP contribution is 2.02. The lowest BCUT2D eigenvalue weighted by Crippen LogP contribution is -2.19. The number of hydrogen-bond acceptors (Lipinski definition) is 3. The van der Waals surface area contributed by atoms with E-state index in [1.807, 2.05) is 13.0 Å². The minimum atomic E-state index is 0.631. The zero-order chi connectivity index (χ0) is 12.6. The summed E-state index contributed by atoms with van der Waals surface area (Å²) in [5.41, 5.74) is 8.05. The molecule has 0 aliphatic carbocycles. The molecule has 0 heterocycles. The Balaban J connectivity index is 4.13. The average Bonchev–Trinajstić information content (AvgIpc) is 2.24. The van der Waals surface area contributed by atoms with Crippen LogP contribution in [0.2, 0.25) is 0 Å². The van der Waals surface area contributed by atoms with Gasteiger partial charge in [-0.15, -0.1) is 0 Å². The van der Waals surface area contributed by atoms with Crippen LogP contribution >= 0.6 is 0 Å². The van der Waals surface area contributed by atoms with Crippen molar-refractivity contribution < 1.29 is 0 Å². The fourth-order valence-corrected chi connectivity index (χ4v) is 0.977. The third-order valence-electron chi connectivity index (χ3n) is 2.16. The van der Waals surface area contributed by atoms with Gasteiger partial charge in [0.2, 0.25) is 0 Å². The van der Waals surface area contributed by atoms with Gasteiger partial charge in [0, 0.05) is 12.2 Å². The van der Waals surface area contributed by atoms with Crippen LogP contribution in [0.1, 0.15) is 27.2 Å². The predicted molar refractivity (Wildman–Crippen MR) is 72.2 cm³/mol. The lowest BCUT2D eigenvalue weighted by atomic mass is 10.1. The molecule has 0 spiro atoms. The van der Waals surface area contributed by atoms with E-state index < -0.39 is 0 Å². The summed E-state index contributed by atoms with van der Waals surface area (Å²) in [4.78, 5) is 3.77. The fraction of sp³-hybridized carbons (Fsp3) is 0.462. The van der Waals surface area contributed by atoms with Crippen LogP contribution in [-0.2, 0) is 0 Å². The molecule has 0 rings (SSSR count). The first kappa shape index (κ1) is 14.5. The van der Waals surface area contributed by atoms with Gasteiger partial charge in [0.15, 0.2) is 0 Å². The van der Waals surface area contributed by atoms with Crippen LogP contribution in [0.5, 0.6) is 0 Å². The van der Waals surface area contributed by atoms with Crippen LogP contribution < -0.4 is 11.1 Å². The van der Waals surface area contributed by atoms with E-state index in [1.165, 1.54) is 0 Å².